The summed E-state index contributed by atoms with van der Waals surface area (Å²) in [5.41, 5.74) is 2.17. The summed E-state index contributed by atoms with van der Waals surface area (Å²) >= 11 is 0. The SMILES string of the molecule is O=C1Nc2ccc(F)cc2[C@]12C[C@H]2c1ccccc1. The highest BCUT2D eigenvalue weighted by molar-refractivity contribution is 6.09. The highest BCUT2D eigenvalue weighted by Gasteiger charge is 2.65. The Morgan fingerprint density at radius 1 is 1.16 bits per heavy atom. The van der Waals surface area contributed by atoms with Gasteiger partial charge in [0.1, 0.15) is 5.82 Å². The van der Waals surface area contributed by atoms with Crippen LogP contribution < -0.4 is 5.32 Å². The van der Waals surface area contributed by atoms with Crippen LogP contribution >= 0.6 is 0 Å². The van der Waals surface area contributed by atoms with Crippen molar-refractivity contribution in [2.75, 3.05) is 5.32 Å². The monoisotopic (exact) mass is 253 g/mol. The van der Waals surface area contributed by atoms with E-state index in [4.69, 9.17) is 0 Å². The Morgan fingerprint density at radius 2 is 1.95 bits per heavy atom. The van der Waals surface area contributed by atoms with E-state index in [9.17, 15) is 9.18 Å². The zero-order valence-electron chi connectivity index (χ0n) is 10.2. The second-order valence-electron chi connectivity index (χ2n) is 5.28. The fraction of sp³-hybridized carbons (Fsp3) is 0.188. The molecule has 1 aliphatic heterocycles. The molecule has 4 rings (SSSR count). The summed E-state index contributed by atoms with van der Waals surface area (Å²) < 4.78 is 13.5. The lowest BCUT2D eigenvalue weighted by atomic mass is 9.92. The van der Waals surface area contributed by atoms with Gasteiger partial charge in [0.05, 0.1) is 5.41 Å². The molecule has 0 unspecified atom stereocenters. The lowest BCUT2D eigenvalue weighted by molar-refractivity contribution is -0.118. The first kappa shape index (κ1) is 10.7. The third-order valence-corrected chi connectivity index (χ3v) is 4.28. The molecule has 94 valence electrons. The van der Waals surface area contributed by atoms with E-state index in [-0.39, 0.29) is 17.6 Å². The Hall–Kier alpha value is -2.16. The molecule has 1 fully saturated rings. The highest BCUT2D eigenvalue weighted by Crippen LogP contribution is 2.64. The predicted octanol–water partition coefficient (Wildman–Crippen LogP) is 3.20. The number of rotatable bonds is 1. The number of nitrogens with one attached hydrogen (secondary N) is 1. The Labute approximate surface area is 110 Å². The van der Waals surface area contributed by atoms with Crippen molar-refractivity contribution in [3.63, 3.8) is 0 Å². The van der Waals surface area contributed by atoms with Crippen LogP contribution in [0.25, 0.3) is 0 Å². The Bertz CT molecular complexity index is 682. The highest BCUT2D eigenvalue weighted by atomic mass is 19.1. The van der Waals surface area contributed by atoms with Gasteiger partial charge in [0.15, 0.2) is 0 Å². The van der Waals surface area contributed by atoms with Crippen LogP contribution in [0.2, 0.25) is 0 Å². The molecule has 1 saturated carbocycles. The molecule has 2 aromatic carbocycles. The maximum Gasteiger partial charge on any atom is 0.235 e. The van der Waals surface area contributed by atoms with Crippen molar-refractivity contribution in [2.45, 2.75) is 17.8 Å². The molecule has 1 aliphatic carbocycles. The zero-order chi connectivity index (χ0) is 13.0. The lowest BCUT2D eigenvalue weighted by Crippen LogP contribution is -2.21. The normalized spacial score (nSPS) is 27.2. The first-order valence-corrected chi connectivity index (χ1v) is 6.38. The maximum absolute atomic E-state index is 13.5. The summed E-state index contributed by atoms with van der Waals surface area (Å²) in [6, 6.07) is 14.5. The van der Waals surface area contributed by atoms with Gasteiger partial charge in [0.2, 0.25) is 5.91 Å². The third kappa shape index (κ3) is 1.33. The minimum atomic E-state index is -0.543. The average Bonchev–Trinajstić information content (AvgIpc) is 3.12. The van der Waals surface area contributed by atoms with Crippen LogP contribution in [-0.4, -0.2) is 5.91 Å². The number of halogens is 1. The van der Waals surface area contributed by atoms with Crippen molar-refractivity contribution in [2.24, 2.45) is 0 Å². The van der Waals surface area contributed by atoms with Gasteiger partial charge in [0, 0.05) is 11.6 Å². The molecule has 1 amide bonds. The van der Waals surface area contributed by atoms with Gasteiger partial charge in [-0.25, -0.2) is 4.39 Å². The van der Waals surface area contributed by atoms with Crippen molar-refractivity contribution in [3.8, 4) is 0 Å². The second-order valence-corrected chi connectivity index (χ2v) is 5.28. The number of fused-ring (bicyclic) bond motifs is 2. The van der Waals surface area contributed by atoms with Gasteiger partial charge in [-0.15, -0.1) is 0 Å². The van der Waals surface area contributed by atoms with Crippen molar-refractivity contribution < 1.29 is 9.18 Å². The molecule has 3 heteroatoms. The van der Waals surface area contributed by atoms with Gasteiger partial charge < -0.3 is 5.32 Å². The standard InChI is InChI=1S/C16H12FNO/c17-11-6-7-14-12(8-11)16(15(19)18-14)9-13(16)10-4-2-1-3-5-10/h1-8,13H,9H2,(H,18,19)/t13-,16-/m0/s1. The fourth-order valence-corrected chi connectivity index (χ4v) is 3.25. The largest absolute Gasteiger partial charge is 0.325 e. The van der Waals surface area contributed by atoms with E-state index < -0.39 is 5.41 Å². The smallest absolute Gasteiger partial charge is 0.235 e. The molecule has 0 bridgehead atoms. The topological polar surface area (TPSA) is 29.1 Å². The number of carbonyl (C=O) groups excluding carboxylic acids is 1. The van der Waals surface area contributed by atoms with E-state index in [1.165, 1.54) is 12.1 Å². The number of carbonyl (C=O) groups is 1. The molecule has 0 radical (unpaired) electrons. The van der Waals surface area contributed by atoms with Crippen molar-refractivity contribution >= 4 is 11.6 Å². The van der Waals surface area contributed by atoms with Crippen LogP contribution in [0.3, 0.4) is 0 Å². The molecule has 1 heterocycles. The van der Waals surface area contributed by atoms with Crippen molar-refractivity contribution in [1.29, 1.82) is 0 Å². The number of anilines is 1. The van der Waals surface area contributed by atoms with Crippen LogP contribution in [0.5, 0.6) is 0 Å². The number of benzene rings is 2. The quantitative estimate of drug-likeness (QED) is 0.830. The van der Waals surface area contributed by atoms with Gasteiger partial charge in [-0.3, -0.25) is 4.79 Å². The molecule has 1 spiro atoms. The zero-order valence-corrected chi connectivity index (χ0v) is 10.2. The summed E-state index contributed by atoms with van der Waals surface area (Å²) in [4.78, 5) is 12.3. The third-order valence-electron chi connectivity index (χ3n) is 4.28. The Balaban J connectivity index is 1.82. The van der Waals surface area contributed by atoms with Gasteiger partial charge in [-0.05, 0) is 35.7 Å². The van der Waals surface area contributed by atoms with E-state index in [0.717, 1.165) is 23.2 Å². The molecular formula is C16H12FNO. The molecule has 19 heavy (non-hydrogen) atoms. The maximum atomic E-state index is 13.5. The average molecular weight is 253 g/mol. The molecule has 2 aromatic rings. The predicted molar refractivity (Wildman–Crippen MR) is 70.5 cm³/mol. The molecule has 0 saturated heterocycles. The van der Waals surface area contributed by atoms with E-state index in [1.54, 1.807) is 6.07 Å². The molecule has 2 atom stereocenters. The first-order valence-electron chi connectivity index (χ1n) is 6.38. The first-order chi connectivity index (χ1) is 9.22. The van der Waals surface area contributed by atoms with Crippen LogP contribution in [0.15, 0.2) is 48.5 Å². The van der Waals surface area contributed by atoms with Gasteiger partial charge in [-0.2, -0.15) is 0 Å². The summed E-state index contributed by atoms with van der Waals surface area (Å²) in [6.07, 6.45) is 0.763. The Morgan fingerprint density at radius 3 is 2.74 bits per heavy atom. The fourth-order valence-electron chi connectivity index (χ4n) is 3.25. The number of amides is 1. The summed E-state index contributed by atoms with van der Waals surface area (Å²) in [5, 5.41) is 2.87. The van der Waals surface area contributed by atoms with Crippen LogP contribution in [0, 0.1) is 5.82 Å². The molecule has 1 N–H and O–H groups in total. The Kier molecular flexibility index (Phi) is 1.94. The molecular weight excluding hydrogens is 241 g/mol. The summed E-state index contributed by atoms with van der Waals surface area (Å²) in [6.45, 7) is 0. The number of hydrogen-bond acceptors (Lipinski definition) is 1. The van der Waals surface area contributed by atoms with E-state index in [0.29, 0.717) is 0 Å². The van der Waals surface area contributed by atoms with E-state index >= 15 is 0 Å². The van der Waals surface area contributed by atoms with Crippen LogP contribution in [-0.2, 0) is 10.2 Å². The molecule has 0 aromatic heterocycles. The van der Waals surface area contributed by atoms with E-state index in [1.807, 2.05) is 30.3 Å². The van der Waals surface area contributed by atoms with Gasteiger partial charge >= 0.3 is 0 Å². The van der Waals surface area contributed by atoms with Crippen molar-refractivity contribution in [3.05, 3.63) is 65.5 Å². The van der Waals surface area contributed by atoms with Crippen LogP contribution in [0.1, 0.15) is 23.5 Å². The second kappa shape index (κ2) is 3.44. The van der Waals surface area contributed by atoms with Crippen molar-refractivity contribution in [1.82, 2.24) is 0 Å². The summed E-state index contributed by atoms with van der Waals surface area (Å²) in [7, 11) is 0. The van der Waals surface area contributed by atoms with E-state index in [2.05, 4.69) is 5.32 Å². The minimum absolute atomic E-state index is 0.00181. The minimum Gasteiger partial charge on any atom is -0.325 e. The summed E-state index contributed by atoms with van der Waals surface area (Å²) in [5.74, 6) is -0.118. The lowest BCUT2D eigenvalue weighted by Gasteiger charge is -2.08. The molecule has 2 aliphatic rings. The number of hydrogen-bond donors (Lipinski definition) is 1. The van der Waals surface area contributed by atoms with Gasteiger partial charge in [0.25, 0.3) is 0 Å². The molecule has 2 nitrogen and oxygen atoms in total. The van der Waals surface area contributed by atoms with Gasteiger partial charge in [-0.1, -0.05) is 30.3 Å². The van der Waals surface area contributed by atoms with Crippen LogP contribution in [0.4, 0.5) is 10.1 Å².